The monoisotopic (exact) mass is 374 g/mol. The predicted octanol–water partition coefficient (Wildman–Crippen LogP) is 3.73. The average Bonchev–Trinajstić information content (AvgIpc) is 3.35. The normalized spacial score (nSPS) is 14.2. The maximum absolute atomic E-state index is 12.1. The molecule has 3 rings (SSSR count). The molecular formula is C18H16Cl2N4O. The number of aromatic nitrogens is 2. The SMILES string of the molecule is Cc1nn(Cc2ccccc2Cl)c(Cl)c1/C=C(/C#N)C(=O)NC1CC1. The van der Waals surface area contributed by atoms with Gasteiger partial charge in [-0.2, -0.15) is 10.4 Å². The average molecular weight is 375 g/mol. The minimum Gasteiger partial charge on any atom is -0.349 e. The number of hydrogen-bond donors (Lipinski definition) is 1. The van der Waals surface area contributed by atoms with Crippen molar-refractivity contribution in [3.63, 3.8) is 0 Å². The number of carbonyl (C=O) groups is 1. The Morgan fingerprint density at radius 3 is 2.80 bits per heavy atom. The Balaban J connectivity index is 1.88. The number of hydrogen-bond acceptors (Lipinski definition) is 3. The Morgan fingerprint density at radius 2 is 2.16 bits per heavy atom. The van der Waals surface area contributed by atoms with Crippen LogP contribution in [0.15, 0.2) is 29.8 Å². The molecule has 0 aliphatic heterocycles. The summed E-state index contributed by atoms with van der Waals surface area (Å²) in [7, 11) is 0. The van der Waals surface area contributed by atoms with Crippen molar-refractivity contribution in [1.82, 2.24) is 15.1 Å². The minimum atomic E-state index is -0.376. The van der Waals surface area contributed by atoms with Crippen LogP contribution in [0.1, 0.15) is 29.7 Å². The molecular weight excluding hydrogens is 359 g/mol. The maximum atomic E-state index is 12.1. The molecule has 0 radical (unpaired) electrons. The number of rotatable bonds is 5. The van der Waals surface area contributed by atoms with Crippen LogP contribution in [-0.2, 0) is 11.3 Å². The largest absolute Gasteiger partial charge is 0.349 e. The number of aryl methyl sites for hydroxylation is 1. The predicted molar refractivity (Wildman–Crippen MR) is 97.3 cm³/mol. The highest BCUT2D eigenvalue weighted by Gasteiger charge is 2.25. The Kier molecular flexibility index (Phi) is 5.12. The molecule has 25 heavy (non-hydrogen) atoms. The van der Waals surface area contributed by atoms with Gasteiger partial charge in [0, 0.05) is 16.6 Å². The molecule has 1 aromatic carbocycles. The fourth-order valence-corrected chi connectivity index (χ4v) is 2.89. The molecule has 0 bridgehead atoms. The van der Waals surface area contributed by atoms with Gasteiger partial charge in [-0.15, -0.1) is 0 Å². The summed E-state index contributed by atoms with van der Waals surface area (Å²) in [5.41, 5.74) is 2.12. The molecule has 1 N–H and O–H groups in total. The molecule has 0 saturated heterocycles. The number of amides is 1. The van der Waals surface area contributed by atoms with Gasteiger partial charge in [-0.1, -0.05) is 41.4 Å². The summed E-state index contributed by atoms with van der Waals surface area (Å²) in [6, 6.07) is 9.57. The Morgan fingerprint density at radius 1 is 1.44 bits per heavy atom. The van der Waals surface area contributed by atoms with E-state index in [-0.39, 0.29) is 17.5 Å². The topological polar surface area (TPSA) is 70.7 Å². The summed E-state index contributed by atoms with van der Waals surface area (Å²) in [6.45, 7) is 2.19. The van der Waals surface area contributed by atoms with E-state index in [0.29, 0.717) is 28.0 Å². The molecule has 0 unspecified atom stereocenters. The van der Waals surface area contributed by atoms with Gasteiger partial charge in [0.05, 0.1) is 12.2 Å². The zero-order chi connectivity index (χ0) is 18.0. The first kappa shape index (κ1) is 17.5. The van der Waals surface area contributed by atoms with E-state index in [2.05, 4.69) is 10.4 Å². The van der Waals surface area contributed by atoms with Crippen LogP contribution in [0.4, 0.5) is 0 Å². The molecule has 1 aliphatic carbocycles. The number of nitrogens with zero attached hydrogens (tertiary/aromatic N) is 3. The molecule has 2 aromatic rings. The zero-order valence-corrected chi connectivity index (χ0v) is 15.1. The van der Waals surface area contributed by atoms with Crippen LogP contribution >= 0.6 is 23.2 Å². The van der Waals surface area contributed by atoms with E-state index in [0.717, 1.165) is 18.4 Å². The first-order valence-corrected chi connectivity index (χ1v) is 8.64. The molecule has 1 aromatic heterocycles. The fourth-order valence-electron chi connectivity index (χ4n) is 2.41. The molecule has 1 heterocycles. The Labute approximate surface area is 155 Å². The summed E-state index contributed by atoms with van der Waals surface area (Å²) < 4.78 is 1.61. The third-order valence-electron chi connectivity index (χ3n) is 3.95. The summed E-state index contributed by atoms with van der Waals surface area (Å²) in [4.78, 5) is 12.1. The quantitative estimate of drug-likeness (QED) is 0.640. The number of halogens is 2. The first-order valence-electron chi connectivity index (χ1n) is 7.88. The van der Waals surface area contributed by atoms with Gasteiger partial charge < -0.3 is 5.32 Å². The van der Waals surface area contributed by atoms with Crippen LogP contribution < -0.4 is 5.32 Å². The van der Waals surface area contributed by atoms with Crippen molar-refractivity contribution < 1.29 is 4.79 Å². The van der Waals surface area contributed by atoms with Crippen molar-refractivity contribution in [3.8, 4) is 6.07 Å². The second-order valence-corrected chi connectivity index (χ2v) is 6.72. The molecule has 1 fully saturated rings. The van der Waals surface area contributed by atoms with E-state index < -0.39 is 0 Å². The number of nitrogens with one attached hydrogen (secondary N) is 1. The lowest BCUT2D eigenvalue weighted by Crippen LogP contribution is -2.26. The zero-order valence-electron chi connectivity index (χ0n) is 13.6. The number of benzene rings is 1. The lowest BCUT2D eigenvalue weighted by Gasteiger charge is -2.05. The molecule has 1 aliphatic rings. The van der Waals surface area contributed by atoms with Crippen molar-refractivity contribution in [3.05, 3.63) is 56.8 Å². The van der Waals surface area contributed by atoms with Crippen molar-refractivity contribution >= 4 is 35.2 Å². The van der Waals surface area contributed by atoms with E-state index in [1.54, 1.807) is 17.7 Å². The van der Waals surface area contributed by atoms with Gasteiger partial charge in [-0.05, 0) is 37.5 Å². The smallest absolute Gasteiger partial charge is 0.262 e. The molecule has 128 valence electrons. The van der Waals surface area contributed by atoms with Crippen molar-refractivity contribution in [2.24, 2.45) is 0 Å². The second kappa shape index (κ2) is 7.30. The first-order chi connectivity index (χ1) is 12.0. The van der Waals surface area contributed by atoms with Crippen LogP contribution in [0.3, 0.4) is 0 Å². The summed E-state index contributed by atoms with van der Waals surface area (Å²) in [5, 5.41) is 17.5. The van der Waals surface area contributed by atoms with Crippen LogP contribution in [0.2, 0.25) is 10.2 Å². The van der Waals surface area contributed by atoms with Crippen LogP contribution in [0, 0.1) is 18.3 Å². The van der Waals surface area contributed by atoms with E-state index in [1.165, 1.54) is 6.08 Å². The highest BCUT2D eigenvalue weighted by Crippen LogP contribution is 2.26. The highest BCUT2D eigenvalue weighted by molar-refractivity contribution is 6.32. The molecule has 0 spiro atoms. The number of nitriles is 1. The van der Waals surface area contributed by atoms with E-state index in [1.807, 2.05) is 24.3 Å². The van der Waals surface area contributed by atoms with Crippen molar-refractivity contribution in [2.45, 2.75) is 32.4 Å². The van der Waals surface area contributed by atoms with E-state index >= 15 is 0 Å². The van der Waals surface area contributed by atoms with Crippen LogP contribution in [0.25, 0.3) is 6.08 Å². The minimum absolute atomic E-state index is 0.0224. The highest BCUT2D eigenvalue weighted by atomic mass is 35.5. The van der Waals surface area contributed by atoms with Crippen LogP contribution in [-0.4, -0.2) is 21.7 Å². The lowest BCUT2D eigenvalue weighted by molar-refractivity contribution is -0.117. The molecule has 1 saturated carbocycles. The van der Waals surface area contributed by atoms with Gasteiger partial charge in [0.15, 0.2) is 0 Å². The second-order valence-electron chi connectivity index (χ2n) is 5.96. The molecule has 0 atom stereocenters. The van der Waals surface area contributed by atoms with Gasteiger partial charge >= 0.3 is 0 Å². The molecule has 7 heteroatoms. The lowest BCUT2D eigenvalue weighted by atomic mass is 10.1. The third kappa shape index (κ3) is 4.04. The summed E-state index contributed by atoms with van der Waals surface area (Å²) in [5.74, 6) is -0.376. The van der Waals surface area contributed by atoms with Crippen LogP contribution in [0.5, 0.6) is 0 Å². The molecule has 5 nitrogen and oxygen atoms in total. The van der Waals surface area contributed by atoms with Crippen molar-refractivity contribution in [2.75, 3.05) is 0 Å². The van der Waals surface area contributed by atoms with E-state index in [9.17, 15) is 10.1 Å². The van der Waals surface area contributed by atoms with Gasteiger partial charge in [-0.25, -0.2) is 4.68 Å². The third-order valence-corrected chi connectivity index (χ3v) is 4.72. The maximum Gasteiger partial charge on any atom is 0.262 e. The van der Waals surface area contributed by atoms with Crippen molar-refractivity contribution in [1.29, 1.82) is 5.26 Å². The Bertz CT molecular complexity index is 891. The molecule has 1 amide bonds. The number of carbonyl (C=O) groups excluding carboxylic acids is 1. The Hall–Kier alpha value is -2.29. The van der Waals surface area contributed by atoms with Gasteiger partial charge in [0.1, 0.15) is 16.8 Å². The standard InChI is InChI=1S/C18H16Cl2N4O/c1-11-15(8-13(9-21)18(25)22-14-6-7-14)17(20)24(23-11)10-12-4-2-3-5-16(12)19/h2-5,8,14H,6-7,10H2,1H3,(H,22,25)/b13-8-. The van der Waals surface area contributed by atoms with Gasteiger partial charge in [0.25, 0.3) is 5.91 Å². The van der Waals surface area contributed by atoms with E-state index in [4.69, 9.17) is 23.2 Å². The fraction of sp³-hybridized carbons (Fsp3) is 0.278. The van der Waals surface area contributed by atoms with Gasteiger partial charge in [0.2, 0.25) is 0 Å². The summed E-state index contributed by atoms with van der Waals surface area (Å²) in [6.07, 6.45) is 3.41. The van der Waals surface area contributed by atoms with Gasteiger partial charge in [-0.3, -0.25) is 4.79 Å². The summed E-state index contributed by atoms with van der Waals surface area (Å²) >= 11 is 12.6.